The van der Waals surface area contributed by atoms with Crippen LogP contribution in [0.2, 0.25) is 0 Å². The maximum atomic E-state index is 4.87. The molecule has 0 aliphatic carbocycles. The van der Waals surface area contributed by atoms with Crippen LogP contribution in [0.25, 0.3) is 57.1 Å². The molecule has 0 aliphatic rings. The summed E-state index contributed by atoms with van der Waals surface area (Å²) in [5.41, 5.74) is 6.03. The first-order valence-electron chi connectivity index (χ1n) is 10.9. The molecule has 0 amide bonds. The summed E-state index contributed by atoms with van der Waals surface area (Å²) >= 11 is 0. The lowest BCUT2D eigenvalue weighted by molar-refractivity contribution is 1.07. The summed E-state index contributed by atoms with van der Waals surface area (Å²) in [4.78, 5) is 14.6. The van der Waals surface area contributed by atoms with Gasteiger partial charge in [0.25, 0.3) is 0 Å². The van der Waals surface area contributed by atoms with E-state index in [-0.39, 0.29) is 0 Å². The predicted molar refractivity (Wildman–Crippen MR) is 139 cm³/mol. The second-order valence-corrected chi connectivity index (χ2v) is 7.99. The van der Waals surface area contributed by atoms with Crippen LogP contribution in [0.4, 0.5) is 0 Å². The fraction of sp³-hybridized carbons (Fsp3) is 0.0333. The molecule has 0 spiro atoms. The Labute approximate surface area is 193 Å². The maximum Gasteiger partial charge on any atom is 0.164 e. The molecule has 5 aromatic rings. The van der Waals surface area contributed by atoms with Gasteiger partial charge in [0.2, 0.25) is 0 Å². The highest BCUT2D eigenvalue weighted by atomic mass is 15.0. The molecule has 0 radical (unpaired) electrons. The third kappa shape index (κ3) is 4.09. The van der Waals surface area contributed by atoms with Gasteiger partial charge in [-0.1, -0.05) is 104 Å². The van der Waals surface area contributed by atoms with Crippen LogP contribution in [-0.2, 0) is 0 Å². The highest BCUT2D eigenvalue weighted by Crippen LogP contribution is 2.28. The van der Waals surface area contributed by atoms with E-state index in [1.54, 1.807) is 0 Å². The van der Waals surface area contributed by atoms with Gasteiger partial charge in [-0.3, -0.25) is 0 Å². The summed E-state index contributed by atoms with van der Waals surface area (Å²) in [7, 11) is 0. The molecular weight excluding hydrogens is 402 g/mol. The number of hydrogen-bond donors (Lipinski definition) is 0. The van der Waals surface area contributed by atoms with Gasteiger partial charge in [0.1, 0.15) is 0 Å². The topological polar surface area (TPSA) is 38.7 Å². The lowest BCUT2D eigenvalue weighted by Gasteiger charge is -2.10. The minimum atomic E-state index is 0.627. The molecule has 0 aliphatic heterocycles. The summed E-state index contributed by atoms with van der Waals surface area (Å²) in [5, 5.41) is 2.34. The van der Waals surface area contributed by atoms with Crippen LogP contribution in [0.1, 0.15) is 16.7 Å². The van der Waals surface area contributed by atoms with Crippen molar-refractivity contribution in [2.75, 3.05) is 0 Å². The largest absolute Gasteiger partial charge is 0.208 e. The summed E-state index contributed by atoms with van der Waals surface area (Å²) in [6.07, 6.45) is 3.65. The zero-order chi connectivity index (χ0) is 22.8. The van der Waals surface area contributed by atoms with E-state index in [0.29, 0.717) is 17.5 Å². The van der Waals surface area contributed by atoms with E-state index < -0.39 is 0 Å². The minimum Gasteiger partial charge on any atom is -0.208 e. The number of benzene rings is 4. The first kappa shape index (κ1) is 20.5. The summed E-state index contributed by atoms with van der Waals surface area (Å²) in [5.74, 6) is 1.92. The quantitative estimate of drug-likeness (QED) is 0.291. The first-order chi connectivity index (χ1) is 16.1. The fourth-order valence-corrected chi connectivity index (χ4v) is 3.87. The summed E-state index contributed by atoms with van der Waals surface area (Å²) < 4.78 is 0. The molecule has 1 aromatic heterocycles. The Morgan fingerprint density at radius 1 is 0.545 bits per heavy atom. The number of aromatic nitrogens is 3. The minimum absolute atomic E-state index is 0.627. The van der Waals surface area contributed by atoms with Gasteiger partial charge in [-0.05, 0) is 41.0 Å². The maximum absolute atomic E-state index is 4.87. The third-order valence-electron chi connectivity index (χ3n) is 5.74. The molecule has 0 bridgehead atoms. The van der Waals surface area contributed by atoms with E-state index in [1.165, 1.54) is 10.9 Å². The van der Waals surface area contributed by atoms with Crippen molar-refractivity contribution in [3.05, 3.63) is 115 Å². The number of rotatable bonds is 5. The highest BCUT2D eigenvalue weighted by Gasteiger charge is 2.13. The Balaban J connectivity index is 1.71. The first-order valence-corrected chi connectivity index (χ1v) is 10.9. The van der Waals surface area contributed by atoms with Crippen LogP contribution in [0.5, 0.6) is 0 Å². The molecule has 3 nitrogen and oxygen atoms in total. The molecule has 4 aromatic carbocycles. The van der Waals surface area contributed by atoms with Gasteiger partial charge in [0.05, 0.1) is 0 Å². The van der Waals surface area contributed by atoms with Crippen molar-refractivity contribution >= 4 is 22.9 Å². The van der Waals surface area contributed by atoms with E-state index in [9.17, 15) is 0 Å². The van der Waals surface area contributed by atoms with Crippen molar-refractivity contribution in [2.24, 2.45) is 0 Å². The summed E-state index contributed by atoms with van der Waals surface area (Å²) in [6.45, 7) is 9.90. The fourth-order valence-electron chi connectivity index (χ4n) is 3.87. The van der Waals surface area contributed by atoms with Crippen LogP contribution >= 0.6 is 0 Å². The zero-order valence-corrected chi connectivity index (χ0v) is 18.5. The Kier molecular flexibility index (Phi) is 5.37. The molecule has 0 saturated carbocycles. The van der Waals surface area contributed by atoms with Crippen LogP contribution < -0.4 is 0 Å². The lowest BCUT2D eigenvalue weighted by Crippen LogP contribution is -2.00. The van der Waals surface area contributed by atoms with Gasteiger partial charge < -0.3 is 0 Å². The number of hydrogen-bond acceptors (Lipinski definition) is 3. The Bertz CT molecular complexity index is 1500. The molecule has 0 unspecified atom stereocenters. The molecular formula is C30H23N3. The molecule has 158 valence electrons. The van der Waals surface area contributed by atoms with Crippen molar-refractivity contribution < 1.29 is 0 Å². The van der Waals surface area contributed by atoms with Crippen molar-refractivity contribution in [1.29, 1.82) is 0 Å². The third-order valence-corrected chi connectivity index (χ3v) is 5.74. The van der Waals surface area contributed by atoms with Gasteiger partial charge in [0, 0.05) is 16.7 Å². The standard InChI is InChI=1S/C30H23N3/c1-4-21-14-16-26(18-22(21)5-2)29-31-28(24-12-10-20(3)11-13-24)32-30(33-29)27-17-15-23-8-6-7-9-25(23)19-27/h4-19H,1-2H2,3H3. The van der Waals surface area contributed by atoms with E-state index in [0.717, 1.165) is 33.2 Å². The molecule has 1 heterocycles. The van der Waals surface area contributed by atoms with Gasteiger partial charge in [0.15, 0.2) is 17.5 Å². The normalized spacial score (nSPS) is 10.8. The van der Waals surface area contributed by atoms with Gasteiger partial charge in [-0.15, -0.1) is 0 Å². The molecule has 3 heteroatoms. The van der Waals surface area contributed by atoms with Crippen LogP contribution in [-0.4, -0.2) is 15.0 Å². The van der Waals surface area contributed by atoms with E-state index in [2.05, 4.69) is 74.7 Å². The highest BCUT2D eigenvalue weighted by molar-refractivity contribution is 5.86. The van der Waals surface area contributed by atoms with Gasteiger partial charge in [-0.2, -0.15) is 0 Å². The number of fused-ring (bicyclic) bond motifs is 1. The van der Waals surface area contributed by atoms with Crippen LogP contribution in [0.15, 0.2) is 98.1 Å². The predicted octanol–water partition coefficient (Wildman–Crippen LogP) is 7.62. The molecule has 33 heavy (non-hydrogen) atoms. The Morgan fingerprint density at radius 2 is 1.09 bits per heavy atom. The Morgan fingerprint density at radius 3 is 1.76 bits per heavy atom. The van der Waals surface area contributed by atoms with E-state index in [4.69, 9.17) is 15.0 Å². The van der Waals surface area contributed by atoms with Crippen molar-refractivity contribution in [3.63, 3.8) is 0 Å². The molecule has 0 atom stereocenters. The van der Waals surface area contributed by atoms with Gasteiger partial charge >= 0.3 is 0 Å². The van der Waals surface area contributed by atoms with Crippen LogP contribution in [0, 0.1) is 6.92 Å². The Hall–Kier alpha value is -4.37. The monoisotopic (exact) mass is 425 g/mol. The second-order valence-electron chi connectivity index (χ2n) is 7.99. The SMILES string of the molecule is C=Cc1ccc(-c2nc(-c3ccc(C)cc3)nc(-c3ccc4ccccc4c3)n2)cc1C=C. The number of nitrogens with zero attached hydrogens (tertiary/aromatic N) is 3. The molecule has 0 saturated heterocycles. The van der Waals surface area contributed by atoms with E-state index in [1.807, 2.05) is 42.5 Å². The van der Waals surface area contributed by atoms with Crippen molar-refractivity contribution in [1.82, 2.24) is 15.0 Å². The van der Waals surface area contributed by atoms with Crippen LogP contribution in [0.3, 0.4) is 0 Å². The second kappa shape index (κ2) is 8.64. The summed E-state index contributed by atoms with van der Waals surface area (Å²) in [6, 6.07) is 28.9. The lowest BCUT2D eigenvalue weighted by atomic mass is 10.0. The zero-order valence-electron chi connectivity index (χ0n) is 18.5. The average molecular weight is 426 g/mol. The molecule has 0 N–H and O–H groups in total. The number of aryl methyl sites for hydroxylation is 1. The van der Waals surface area contributed by atoms with E-state index >= 15 is 0 Å². The van der Waals surface area contributed by atoms with Crippen molar-refractivity contribution in [3.8, 4) is 34.2 Å². The molecule has 0 fully saturated rings. The smallest absolute Gasteiger partial charge is 0.164 e. The van der Waals surface area contributed by atoms with Crippen molar-refractivity contribution in [2.45, 2.75) is 6.92 Å². The average Bonchev–Trinajstić information content (AvgIpc) is 2.88. The van der Waals surface area contributed by atoms with Gasteiger partial charge in [-0.25, -0.2) is 15.0 Å². The molecule has 5 rings (SSSR count).